The van der Waals surface area contributed by atoms with Crippen molar-refractivity contribution >= 4 is 16.0 Å². The molecule has 3 heterocycles. The molecule has 0 aromatic carbocycles. The summed E-state index contributed by atoms with van der Waals surface area (Å²) in [5.74, 6) is -1.16. The van der Waals surface area contributed by atoms with Crippen LogP contribution in [0, 0.1) is 5.92 Å². The van der Waals surface area contributed by atoms with E-state index in [1.807, 2.05) is 6.92 Å². The molecular weight excluding hydrogens is 308 g/mol. The third-order valence-electron chi connectivity index (χ3n) is 4.37. The van der Waals surface area contributed by atoms with Crippen LogP contribution in [0.25, 0.3) is 0 Å². The van der Waals surface area contributed by atoms with Gasteiger partial charge in [-0.25, -0.2) is 13.4 Å². The Hall–Kier alpha value is -1.67. The van der Waals surface area contributed by atoms with Crippen LogP contribution in [0.1, 0.15) is 26.2 Å². The minimum absolute atomic E-state index is 0.0823. The molecule has 0 aliphatic carbocycles. The van der Waals surface area contributed by atoms with Gasteiger partial charge in [-0.15, -0.1) is 0 Å². The van der Waals surface area contributed by atoms with Crippen LogP contribution >= 0.6 is 0 Å². The van der Waals surface area contributed by atoms with Gasteiger partial charge in [-0.1, -0.05) is 0 Å². The molecule has 0 amide bonds. The molecule has 1 N–H and O–H groups in total. The second kappa shape index (κ2) is 5.51. The third-order valence-corrected chi connectivity index (χ3v) is 6.33. The van der Waals surface area contributed by atoms with Crippen molar-refractivity contribution < 1.29 is 23.1 Å². The third kappa shape index (κ3) is 2.36. The Morgan fingerprint density at radius 2 is 2.23 bits per heavy atom. The molecule has 2 fully saturated rings. The standard InChI is InChI=1S/C14H18N2O5S/c1-2-21-13-6-4-10(8-15-13)22(19,20)16-9-3-5-12(16)11(7-9)14(17)18/h4,6,8-9,11-12H,2-3,5,7H2,1H3,(H,17,18). The fourth-order valence-electron chi connectivity index (χ4n) is 3.45. The smallest absolute Gasteiger partial charge is 0.308 e. The Morgan fingerprint density at radius 3 is 2.77 bits per heavy atom. The summed E-state index contributed by atoms with van der Waals surface area (Å²) in [5, 5.41) is 9.23. The van der Waals surface area contributed by atoms with E-state index in [1.165, 1.54) is 22.6 Å². The zero-order valence-corrected chi connectivity index (χ0v) is 13.0. The van der Waals surface area contributed by atoms with Crippen LogP contribution in [0.4, 0.5) is 0 Å². The van der Waals surface area contributed by atoms with Crippen LogP contribution in [0.3, 0.4) is 0 Å². The Bertz CT molecular complexity index is 673. The number of rotatable bonds is 5. The lowest BCUT2D eigenvalue weighted by molar-refractivity contribution is -0.142. The number of ether oxygens (including phenoxy) is 1. The first-order valence-electron chi connectivity index (χ1n) is 7.30. The van der Waals surface area contributed by atoms with E-state index in [4.69, 9.17) is 4.74 Å². The van der Waals surface area contributed by atoms with E-state index in [2.05, 4.69) is 4.98 Å². The maximum Gasteiger partial charge on any atom is 0.308 e. The number of aliphatic carboxylic acids is 1. The van der Waals surface area contributed by atoms with Gasteiger partial charge in [0.1, 0.15) is 4.90 Å². The van der Waals surface area contributed by atoms with E-state index in [-0.39, 0.29) is 10.9 Å². The summed E-state index contributed by atoms with van der Waals surface area (Å²) < 4.78 is 32.2. The van der Waals surface area contributed by atoms with Gasteiger partial charge < -0.3 is 9.84 Å². The van der Waals surface area contributed by atoms with Gasteiger partial charge >= 0.3 is 5.97 Å². The quantitative estimate of drug-likeness (QED) is 0.870. The molecule has 22 heavy (non-hydrogen) atoms. The first-order chi connectivity index (χ1) is 10.4. The number of sulfonamides is 1. The molecule has 0 radical (unpaired) electrons. The van der Waals surface area contributed by atoms with Gasteiger partial charge in [0.05, 0.1) is 18.7 Å². The summed E-state index contributed by atoms with van der Waals surface area (Å²) in [6.07, 6.45) is 2.99. The first kappa shape index (κ1) is 15.2. The Kier molecular flexibility index (Phi) is 3.82. The van der Waals surface area contributed by atoms with E-state index in [9.17, 15) is 18.3 Å². The highest BCUT2D eigenvalue weighted by molar-refractivity contribution is 7.89. The second-order valence-electron chi connectivity index (χ2n) is 5.58. The maximum absolute atomic E-state index is 12.8. The predicted molar refractivity (Wildman–Crippen MR) is 77.0 cm³/mol. The van der Waals surface area contributed by atoms with E-state index < -0.39 is 28.0 Å². The van der Waals surface area contributed by atoms with Crippen LogP contribution in [-0.2, 0) is 14.8 Å². The van der Waals surface area contributed by atoms with Gasteiger partial charge in [0, 0.05) is 18.2 Å². The zero-order chi connectivity index (χ0) is 15.9. The number of hydrogen-bond donors (Lipinski definition) is 1. The first-order valence-corrected chi connectivity index (χ1v) is 8.74. The van der Waals surface area contributed by atoms with Gasteiger partial charge in [-0.05, 0) is 32.3 Å². The highest BCUT2D eigenvalue weighted by Gasteiger charge is 2.54. The minimum atomic E-state index is -3.72. The molecule has 7 nitrogen and oxygen atoms in total. The van der Waals surface area contributed by atoms with Crippen molar-refractivity contribution in [2.75, 3.05) is 6.61 Å². The van der Waals surface area contributed by atoms with Crippen LogP contribution in [0.2, 0.25) is 0 Å². The van der Waals surface area contributed by atoms with Gasteiger partial charge in [0.15, 0.2) is 0 Å². The molecule has 3 atom stereocenters. The van der Waals surface area contributed by atoms with Crippen LogP contribution in [-0.4, -0.2) is 47.5 Å². The summed E-state index contributed by atoms with van der Waals surface area (Å²) in [4.78, 5) is 15.3. The Labute approximate surface area is 129 Å². The van der Waals surface area contributed by atoms with Gasteiger partial charge in [0.25, 0.3) is 0 Å². The van der Waals surface area contributed by atoms with Crippen molar-refractivity contribution in [2.24, 2.45) is 5.92 Å². The second-order valence-corrected chi connectivity index (χ2v) is 7.42. The largest absolute Gasteiger partial charge is 0.481 e. The lowest BCUT2D eigenvalue weighted by Crippen LogP contribution is -2.37. The monoisotopic (exact) mass is 326 g/mol. The number of nitrogens with zero attached hydrogens (tertiary/aromatic N) is 2. The SMILES string of the molecule is CCOc1ccc(S(=O)(=O)N2C3CCC2C(C(=O)O)C3)cn1. The molecule has 2 aliphatic rings. The lowest BCUT2D eigenvalue weighted by Gasteiger charge is -2.22. The lowest BCUT2D eigenvalue weighted by atomic mass is 9.89. The number of pyridine rings is 1. The molecule has 2 bridgehead atoms. The highest BCUT2D eigenvalue weighted by Crippen LogP contribution is 2.44. The topological polar surface area (TPSA) is 96.8 Å². The molecule has 1 aromatic rings. The maximum atomic E-state index is 12.8. The summed E-state index contributed by atoms with van der Waals surface area (Å²) in [5.41, 5.74) is 0. The van der Waals surface area contributed by atoms with Crippen molar-refractivity contribution in [1.82, 2.24) is 9.29 Å². The summed E-state index contributed by atoms with van der Waals surface area (Å²) in [7, 11) is -3.72. The molecule has 8 heteroatoms. The van der Waals surface area contributed by atoms with E-state index >= 15 is 0 Å². The van der Waals surface area contributed by atoms with E-state index in [0.717, 1.165) is 6.42 Å². The van der Waals surface area contributed by atoms with Crippen molar-refractivity contribution in [3.05, 3.63) is 18.3 Å². The van der Waals surface area contributed by atoms with E-state index in [1.54, 1.807) is 0 Å². The van der Waals surface area contributed by atoms with Crippen molar-refractivity contribution in [3.8, 4) is 5.88 Å². The Balaban J connectivity index is 1.89. The average molecular weight is 326 g/mol. The average Bonchev–Trinajstić information content (AvgIpc) is 3.06. The number of carbonyl (C=O) groups is 1. The summed E-state index contributed by atoms with van der Waals surface area (Å²) >= 11 is 0. The van der Waals surface area contributed by atoms with Crippen LogP contribution in [0.15, 0.2) is 23.2 Å². The highest BCUT2D eigenvalue weighted by atomic mass is 32.2. The molecule has 3 unspecified atom stereocenters. The summed E-state index contributed by atoms with van der Waals surface area (Å²) in [6.45, 7) is 2.27. The fourth-order valence-corrected chi connectivity index (χ4v) is 5.32. The number of carboxylic acids is 1. The van der Waals surface area contributed by atoms with Gasteiger partial charge in [0.2, 0.25) is 15.9 Å². The molecule has 120 valence electrons. The van der Waals surface area contributed by atoms with Gasteiger partial charge in [-0.3, -0.25) is 4.79 Å². The zero-order valence-electron chi connectivity index (χ0n) is 12.2. The van der Waals surface area contributed by atoms with Crippen molar-refractivity contribution in [3.63, 3.8) is 0 Å². The molecule has 2 aliphatic heterocycles. The fraction of sp³-hybridized carbons (Fsp3) is 0.571. The molecule has 1 aromatic heterocycles. The van der Waals surface area contributed by atoms with E-state index in [0.29, 0.717) is 25.3 Å². The minimum Gasteiger partial charge on any atom is -0.481 e. The number of fused-ring (bicyclic) bond motifs is 2. The Morgan fingerprint density at radius 1 is 1.45 bits per heavy atom. The number of hydrogen-bond acceptors (Lipinski definition) is 5. The van der Waals surface area contributed by atoms with Crippen LogP contribution in [0.5, 0.6) is 5.88 Å². The molecule has 3 rings (SSSR count). The van der Waals surface area contributed by atoms with Gasteiger partial charge in [-0.2, -0.15) is 4.31 Å². The number of carboxylic acid groups (broad SMARTS) is 1. The predicted octanol–water partition coefficient (Wildman–Crippen LogP) is 1.11. The molecular formula is C14H18N2O5S. The summed E-state index contributed by atoms with van der Waals surface area (Å²) in [6, 6.07) is 2.31. The molecule has 0 saturated carbocycles. The normalized spacial score (nSPS) is 28.0. The number of aromatic nitrogens is 1. The molecule has 2 saturated heterocycles. The van der Waals surface area contributed by atoms with Crippen LogP contribution < -0.4 is 4.74 Å². The molecule has 0 spiro atoms. The van der Waals surface area contributed by atoms with Crippen molar-refractivity contribution in [1.29, 1.82) is 0 Å². The van der Waals surface area contributed by atoms with Crippen molar-refractivity contribution in [2.45, 2.75) is 43.2 Å².